The number of nitrogens with one attached hydrogen (secondary N) is 1. The summed E-state index contributed by atoms with van der Waals surface area (Å²) in [5.41, 5.74) is 1.25. The van der Waals surface area contributed by atoms with E-state index in [4.69, 9.17) is 5.11 Å². The van der Waals surface area contributed by atoms with Crippen LogP contribution in [0, 0.1) is 0 Å². The number of hydrogen-bond donors (Lipinski definition) is 2. The van der Waals surface area contributed by atoms with Crippen molar-refractivity contribution in [2.24, 2.45) is 0 Å². The first-order valence-corrected chi connectivity index (χ1v) is 7.73. The Hall–Kier alpha value is -1.66. The lowest BCUT2D eigenvalue weighted by atomic mass is 10.1. The van der Waals surface area contributed by atoms with E-state index in [2.05, 4.69) is 11.3 Å². The highest BCUT2D eigenvalue weighted by molar-refractivity contribution is 7.89. The molecule has 0 aliphatic carbocycles. The maximum Gasteiger partial charge on any atom is 0.322 e. The van der Waals surface area contributed by atoms with Crippen molar-refractivity contribution in [2.75, 3.05) is 0 Å². The second-order valence-electron chi connectivity index (χ2n) is 4.63. The molecule has 0 aromatic heterocycles. The van der Waals surface area contributed by atoms with E-state index < -0.39 is 22.0 Å². The molecule has 5 nitrogen and oxygen atoms in total. The standard InChI is InChI=1S/C14H19NO4S/c1-4-11-7-5-6-8-13(11)20(18,19)15-12(14(16)17)9-10(2)3/h5-8,12,15H,2,4,9H2,1,3H3,(H,16,17). The summed E-state index contributed by atoms with van der Waals surface area (Å²) in [5.74, 6) is -1.22. The van der Waals surface area contributed by atoms with Crippen molar-refractivity contribution in [3.8, 4) is 0 Å². The summed E-state index contributed by atoms with van der Waals surface area (Å²) in [4.78, 5) is 11.3. The Morgan fingerprint density at radius 1 is 1.40 bits per heavy atom. The van der Waals surface area contributed by atoms with Gasteiger partial charge in [0.25, 0.3) is 0 Å². The first-order valence-electron chi connectivity index (χ1n) is 6.25. The molecule has 0 amide bonds. The van der Waals surface area contributed by atoms with E-state index in [0.717, 1.165) is 0 Å². The molecule has 1 rings (SSSR count). The Morgan fingerprint density at radius 2 is 2.00 bits per heavy atom. The number of aliphatic carboxylic acids is 1. The molecule has 2 N–H and O–H groups in total. The number of carboxylic acids is 1. The zero-order valence-corrected chi connectivity index (χ0v) is 12.4. The molecule has 1 atom stereocenters. The van der Waals surface area contributed by atoms with Gasteiger partial charge in [-0.2, -0.15) is 4.72 Å². The monoisotopic (exact) mass is 297 g/mol. The average Bonchev–Trinajstić information content (AvgIpc) is 2.37. The zero-order chi connectivity index (χ0) is 15.3. The highest BCUT2D eigenvalue weighted by Gasteiger charge is 2.26. The second-order valence-corrected chi connectivity index (χ2v) is 6.32. The fraction of sp³-hybridized carbons (Fsp3) is 0.357. The molecule has 0 bridgehead atoms. The van der Waals surface area contributed by atoms with Crippen molar-refractivity contribution in [1.29, 1.82) is 0 Å². The summed E-state index contributed by atoms with van der Waals surface area (Å²) in [7, 11) is -3.86. The molecule has 0 aliphatic heterocycles. The molecule has 0 saturated carbocycles. The molecule has 0 radical (unpaired) electrons. The van der Waals surface area contributed by atoms with Crippen molar-refractivity contribution in [2.45, 2.75) is 37.6 Å². The van der Waals surface area contributed by atoms with Crippen molar-refractivity contribution in [1.82, 2.24) is 4.72 Å². The van der Waals surface area contributed by atoms with Gasteiger partial charge in [0.2, 0.25) is 10.0 Å². The van der Waals surface area contributed by atoms with Crippen LogP contribution in [0.2, 0.25) is 0 Å². The lowest BCUT2D eigenvalue weighted by Gasteiger charge is -2.16. The zero-order valence-electron chi connectivity index (χ0n) is 11.6. The van der Waals surface area contributed by atoms with Gasteiger partial charge in [-0.25, -0.2) is 8.42 Å². The average molecular weight is 297 g/mol. The molecule has 0 heterocycles. The lowest BCUT2D eigenvalue weighted by molar-refractivity contribution is -0.138. The van der Waals surface area contributed by atoms with Crippen molar-refractivity contribution < 1.29 is 18.3 Å². The summed E-state index contributed by atoms with van der Waals surface area (Å²) in [6.07, 6.45) is 0.609. The smallest absolute Gasteiger partial charge is 0.322 e. The third-order valence-electron chi connectivity index (χ3n) is 2.79. The van der Waals surface area contributed by atoms with Crippen LogP contribution in [0.15, 0.2) is 41.3 Å². The van der Waals surface area contributed by atoms with Gasteiger partial charge in [0, 0.05) is 0 Å². The van der Waals surface area contributed by atoms with E-state index in [0.29, 0.717) is 17.6 Å². The number of hydrogen-bond acceptors (Lipinski definition) is 3. The van der Waals surface area contributed by atoms with Crippen LogP contribution in [-0.4, -0.2) is 25.5 Å². The minimum atomic E-state index is -3.86. The minimum absolute atomic E-state index is 0.0584. The molecule has 1 aromatic carbocycles. The van der Waals surface area contributed by atoms with Crippen LogP contribution < -0.4 is 4.72 Å². The summed E-state index contributed by atoms with van der Waals surface area (Å²) < 4.78 is 26.8. The van der Waals surface area contributed by atoms with Crippen molar-refractivity contribution >= 4 is 16.0 Å². The quantitative estimate of drug-likeness (QED) is 0.753. The van der Waals surface area contributed by atoms with Crippen LogP contribution in [0.3, 0.4) is 0 Å². The van der Waals surface area contributed by atoms with Crippen LogP contribution in [0.25, 0.3) is 0 Å². The topological polar surface area (TPSA) is 83.5 Å². The summed E-state index contributed by atoms with van der Waals surface area (Å²) in [5, 5.41) is 9.09. The first kappa shape index (κ1) is 16.4. The van der Waals surface area contributed by atoms with Crippen LogP contribution in [0.1, 0.15) is 25.8 Å². The van der Waals surface area contributed by atoms with Gasteiger partial charge in [-0.05, 0) is 31.4 Å². The SMILES string of the molecule is C=C(C)CC(NS(=O)(=O)c1ccccc1CC)C(=O)O. The van der Waals surface area contributed by atoms with Gasteiger partial charge in [-0.3, -0.25) is 4.79 Å². The first-order chi connectivity index (χ1) is 9.27. The Morgan fingerprint density at radius 3 is 2.50 bits per heavy atom. The van der Waals surface area contributed by atoms with Crippen molar-refractivity contribution in [3.05, 3.63) is 42.0 Å². The maximum absolute atomic E-state index is 12.3. The molecule has 6 heteroatoms. The molecule has 1 aromatic rings. The van der Waals surface area contributed by atoms with E-state index in [1.54, 1.807) is 25.1 Å². The predicted molar refractivity (Wildman–Crippen MR) is 77.0 cm³/mol. The number of aryl methyl sites for hydroxylation is 1. The summed E-state index contributed by atoms with van der Waals surface area (Å²) >= 11 is 0. The molecule has 1 unspecified atom stereocenters. The maximum atomic E-state index is 12.3. The fourth-order valence-corrected chi connectivity index (χ4v) is 3.34. The van der Waals surface area contributed by atoms with Crippen molar-refractivity contribution in [3.63, 3.8) is 0 Å². The van der Waals surface area contributed by atoms with E-state index in [1.165, 1.54) is 6.07 Å². The molecule has 110 valence electrons. The van der Waals surface area contributed by atoms with Crippen LogP contribution in [0.5, 0.6) is 0 Å². The largest absolute Gasteiger partial charge is 0.480 e. The Bertz CT molecular complexity index is 607. The second kappa shape index (κ2) is 6.67. The third kappa shape index (κ3) is 4.18. The number of carbonyl (C=O) groups is 1. The van der Waals surface area contributed by atoms with Gasteiger partial charge in [-0.1, -0.05) is 30.7 Å². The highest BCUT2D eigenvalue weighted by Crippen LogP contribution is 2.17. The third-order valence-corrected chi connectivity index (χ3v) is 4.36. The normalized spacial score (nSPS) is 12.9. The van der Waals surface area contributed by atoms with E-state index >= 15 is 0 Å². The molecule has 0 saturated heterocycles. The van der Waals surface area contributed by atoms with Gasteiger partial charge < -0.3 is 5.11 Å². The number of benzene rings is 1. The Kier molecular flexibility index (Phi) is 5.47. The predicted octanol–water partition coefficient (Wildman–Crippen LogP) is 1.95. The molecular formula is C14H19NO4S. The fourth-order valence-electron chi connectivity index (χ4n) is 1.84. The van der Waals surface area contributed by atoms with Gasteiger partial charge in [0.1, 0.15) is 6.04 Å². The van der Waals surface area contributed by atoms with Crippen LogP contribution in [-0.2, 0) is 21.2 Å². The number of carboxylic acid groups (broad SMARTS) is 1. The lowest BCUT2D eigenvalue weighted by Crippen LogP contribution is -2.41. The van der Waals surface area contributed by atoms with E-state index in [1.807, 2.05) is 6.92 Å². The van der Waals surface area contributed by atoms with Gasteiger partial charge in [-0.15, -0.1) is 6.58 Å². The van der Waals surface area contributed by atoms with Gasteiger partial charge >= 0.3 is 5.97 Å². The number of sulfonamides is 1. The minimum Gasteiger partial charge on any atom is -0.480 e. The number of rotatable bonds is 7. The molecule has 0 spiro atoms. The van der Waals surface area contributed by atoms with Gasteiger partial charge in [0.15, 0.2) is 0 Å². The molecule has 0 fully saturated rings. The van der Waals surface area contributed by atoms with E-state index in [9.17, 15) is 13.2 Å². The Balaban J connectivity index is 3.09. The van der Waals surface area contributed by atoms with Crippen LogP contribution >= 0.6 is 0 Å². The molecule has 0 aliphatic rings. The summed E-state index contributed by atoms with van der Waals surface area (Å²) in [6, 6.07) is 5.34. The van der Waals surface area contributed by atoms with Crippen LogP contribution in [0.4, 0.5) is 0 Å². The Labute approximate surface area is 119 Å². The highest BCUT2D eigenvalue weighted by atomic mass is 32.2. The van der Waals surface area contributed by atoms with Gasteiger partial charge in [0.05, 0.1) is 4.90 Å². The molecule has 20 heavy (non-hydrogen) atoms. The summed E-state index contributed by atoms with van der Waals surface area (Å²) in [6.45, 7) is 7.12. The van der Waals surface area contributed by atoms with E-state index in [-0.39, 0.29) is 11.3 Å². The molecular weight excluding hydrogens is 278 g/mol.